The van der Waals surface area contributed by atoms with Gasteiger partial charge in [-0.25, -0.2) is 4.39 Å². The SMILES string of the molecule is CNCc1cc(COc2cc(F)ccc2C)c(C)s1. The minimum atomic E-state index is -0.265. The van der Waals surface area contributed by atoms with Gasteiger partial charge in [0.15, 0.2) is 0 Å². The van der Waals surface area contributed by atoms with Crippen LogP contribution in [0, 0.1) is 19.7 Å². The zero-order chi connectivity index (χ0) is 13.8. The van der Waals surface area contributed by atoms with Crippen LogP contribution in [0.1, 0.15) is 20.9 Å². The summed E-state index contributed by atoms with van der Waals surface area (Å²) in [5, 5.41) is 3.13. The van der Waals surface area contributed by atoms with E-state index in [0.29, 0.717) is 12.4 Å². The zero-order valence-electron chi connectivity index (χ0n) is 11.4. The molecule has 1 N–H and O–H groups in total. The summed E-state index contributed by atoms with van der Waals surface area (Å²) in [6.45, 7) is 5.35. The third-order valence-corrected chi connectivity index (χ3v) is 4.05. The Morgan fingerprint density at radius 1 is 1.26 bits per heavy atom. The molecular weight excluding hydrogens is 261 g/mol. The van der Waals surface area contributed by atoms with Crippen molar-refractivity contribution in [3.05, 3.63) is 51.0 Å². The summed E-state index contributed by atoms with van der Waals surface area (Å²) in [6, 6.07) is 6.76. The van der Waals surface area contributed by atoms with Crippen molar-refractivity contribution in [1.29, 1.82) is 0 Å². The first-order chi connectivity index (χ1) is 9.10. The van der Waals surface area contributed by atoms with Gasteiger partial charge < -0.3 is 10.1 Å². The third-order valence-electron chi connectivity index (χ3n) is 2.96. The van der Waals surface area contributed by atoms with E-state index in [1.807, 2.05) is 14.0 Å². The molecule has 2 nitrogen and oxygen atoms in total. The quantitative estimate of drug-likeness (QED) is 0.899. The summed E-state index contributed by atoms with van der Waals surface area (Å²) in [7, 11) is 1.93. The molecule has 0 spiro atoms. The molecule has 0 amide bonds. The number of ether oxygens (including phenoxy) is 1. The molecule has 1 heterocycles. The number of aryl methyl sites for hydroxylation is 2. The Labute approximate surface area is 117 Å². The van der Waals surface area contributed by atoms with Crippen molar-refractivity contribution in [3.8, 4) is 5.75 Å². The predicted molar refractivity (Wildman–Crippen MR) is 77.3 cm³/mol. The van der Waals surface area contributed by atoms with Crippen LogP contribution >= 0.6 is 11.3 Å². The van der Waals surface area contributed by atoms with Crippen LogP contribution in [-0.2, 0) is 13.2 Å². The smallest absolute Gasteiger partial charge is 0.126 e. The fourth-order valence-corrected chi connectivity index (χ4v) is 2.94. The molecule has 102 valence electrons. The highest BCUT2D eigenvalue weighted by Gasteiger charge is 2.07. The van der Waals surface area contributed by atoms with Gasteiger partial charge in [-0.3, -0.25) is 0 Å². The molecule has 0 atom stereocenters. The second kappa shape index (κ2) is 6.17. The van der Waals surface area contributed by atoms with Gasteiger partial charge in [-0.15, -0.1) is 11.3 Å². The highest BCUT2D eigenvalue weighted by Crippen LogP contribution is 2.25. The van der Waals surface area contributed by atoms with E-state index in [4.69, 9.17) is 4.74 Å². The average Bonchev–Trinajstić information content (AvgIpc) is 2.71. The molecule has 4 heteroatoms. The zero-order valence-corrected chi connectivity index (χ0v) is 12.2. The average molecular weight is 279 g/mol. The first-order valence-corrected chi connectivity index (χ1v) is 7.03. The number of nitrogens with one attached hydrogen (secondary N) is 1. The van der Waals surface area contributed by atoms with Crippen LogP contribution < -0.4 is 10.1 Å². The normalized spacial score (nSPS) is 10.7. The molecule has 0 fully saturated rings. The van der Waals surface area contributed by atoms with Crippen LogP contribution in [0.3, 0.4) is 0 Å². The minimum Gasteiger partial charge on any atom is -0.488 e. The molecular formula is C15H18FNOS. The van der Waals surface area contributed by atoms with Crippen LogP contribution in [0.4, 0.5) is 4.39 Å². The molecule has 19 heavy (non-hydrogen) atoms. The maximum atomic E-state index is 13.2. The molecule has 0 saturated heterocycles. The van der Waals surface area contributed by atoms with E-state index in [-0.39, 0.29) is 5.82 Å². The number of thiophene rings is 1. The summed E-state index contributed by atoms with van der Waals surface area (Å²) in [5.41, 5.74) is 2.11. The van der Waals surface area contributed by atoms with Crippen molar-refractivity contribution in [2.75, 3.05) is 7.05 Å². The Hall–Kier alpha value is -1.39. The highest BCUT2D eigenvalue weighted by molar-refractivity contribution is 7.12. The summed E-state index contributed by atoms with van der Waals surface area (Å²) in [4.78, 5) is 2.54. The van der Waals surface area contributed by atoms with Gasteiger partial charge in [-0.2, -0.15) is 0 Å². The third kappa shape index (κ3) is 3.55. The van der Waals surface area contributed by atoms with E-state index in [9.17, 15) is 4.39 Å². The number of hydrogen-bond acceptors (Lipinski definition) is 3. The summed E-state index contributed by atoms with van der Waals surface area (Å²) in [5.74, 6) is 0.347. The Kier molecular flexibility index (Phi) is 4.56. The molecule has 0 radical (unpaired) electrons. The van der Waals surface area contributed by atoms with E-state index in [1.54, 1.807) is 17.4 Å². The second-order valence-electron chi connectivity index (χ2n) is 4.52. The van der Waals surface area contributed by atoms with Crippen LogP contribution in [0.15, 0.2) is 24.3 Å². The molecule has 0 saturated carbocycles. The second-order valence-corrected chi connectivity index (χ2v) is 5.86. The van der Waals surface area contributed by atoms with E-state index in [0.717, 1.165) is 12.1 Å². The first kappa shape index (κ1) is 14.0. The number of hydrogen-bond donors (Lipinski definition) is 1. The lowest BCUT2D eigenvalue weighted by Crippen LogP contribution is -2.03. The van der Waals surface area contributed by atoms with Gasteiger partial charge in [0.1, 0.15) is 18.2 Å². The Morgan fingerprint density at radius 3 is 2.79 bits per heavy atom. The van der Waals surface area contributed by atoms with Gasteiger partial charge in [-0.05, 0) is 38.6 Å². The fraction of sp³-hybridized carbons (Fsp3) is 0.333. The number of rotatable bonds is 5. The largest absolute Gasteiger partial charge is 0.488 e. The topological polar surface area (TPSA) is 21.3 Å². The van der Waals surface area contributed by atoms with Crippen LogP contribution in [0.2, 0.25) is 0 Å². The van der Waals surface area contributed by atoms with Gasteiger partial charge in [0.2, 0.25) is 0 Å². The Bertz CT molecular complexity index is 565. The van der Waals surface area contributed by atoms with Crippen molar-refractivity contribution in [2.45, 2.75) is 27.0 Å². The van der Waals surface area contributed by atoms with E-state index < -0.39 is 0 Å². The molecule has 2 aromatic rings. The molecule has 0 unspecified atom stereocenters. The Morgan fingerprint density at radius 2 is 2.05 bits per heavy atom. The van der Waals surface area contributed by atoms with Crippen LogP contribution in [-0.4, -0.2) is 7.05 Å². The van der Waals surface area contributed by atoms with Crippen molar-refractivity contribution < 1.29 is 9.13 Å². The molecule has 0 aliphatic carbocycles. The first-order valence-electron chi connectivity index (χ1n) is 6.22. The van der Waals surface area contributed by atoms with Crippen molar-refractivity contribution in [3.63, 3.8) is 0 Å². The van der Waals surface area contributed by atoms with E-state index in [1.165, 1.54) is 27.5 Å². The van der Waals surface area contributed by atoms with Crippen molar-refractivity contribution >= 4 is 11.3 Å². The minimum absolute atomic E-state index is 0.265. The van der Waals surface area contributed by atoms with Gasteiger partial charge >= 0.3 is 0 Å². The molecule has 2 rings (SSSR count). The molecule has 1 aromatic heterocycles. The molecule has 0 bridgehead atoms. The maximum Gasteiger partial charge on any atom is 0.126 e. The van der Waals surface area contributed by atoms with Gasteiger partial charge in [0.25, 0.3) is 0 Å². The predicted octanol–water partition coefficient (Wildman–Crippen LogP) is 3.80. The highest BCUT2D eigenvalue weighted by atomic mass is 32.1. The van der Waals surface area contributed by atoms with Crippen LogP contribution in [0.25, 0.3) is 0 Å². The van der Waals surface area contributed by atoms with E-state index >= 15 is 0 Å². The molecule has 0 aliphatic heterocycles. The van der Waals surface area contributed by atoms with Gasteiger partial charge in [-0.1, -0.05) is 6.07 Å². The lowest BCUT2D eigenvalue weighted by atomic mass is 10.2. The van der Waals surface area contributed by atoms with Crippen molar-refractivity contribution in [2.24, 2.45) is 0 Å². The number of benzene rings is 1. The lowest BCUT2D eigenvalue weighted by molar-refractivity contribution is 0.302. The van der Waals surface area contributed by atoms with Gasteiger partial charge in [0, 0.05) is 27.9 Å². The maximum absolute atomic E-state index is 13.2. The summed E-state index contributed by atoms with van der Waals surface area (Å²) in [6.07, 6.45) is 0. The number of halogens is 1. The van der Waals surface area contributed by atoms with Crippen LogP contribution in [0.5, 0.6) is 5.75 Å². The summed E-state index contributed by atoms with van der Waals surface area (Å²) >= 11 is 1.76. The molecule has 0 aliphatic rings. The van der Waals surface area contributed by atoms with Gasteiger partial charge in [0.05, 0.1) is 0 Å². The standard InChI is InChI=1S/C15H18FNOS/c1-10-4-5-13(16)7-15(10)18-9-12-6-14(8-17-3)19-11(12)2/h4-7,17H,8-9H2,1-3H3. The monoisotopic (exact) mass is 279 g/mol. The Balaban J connectivity index is 2.07. The molecule has 1 aromatic carbocycles. The lowest BCUT2D eigenvalue weighted by Gasteiger charge is -2.08. The van der Waals surface area contributed by atoms with Crippen molar-refractivity contribution in [1.82, 2.24) is 5.32 Å². The summed E-state index contributed by atoms with van der Waals surface area (Å²) < 4.78 is 18.9. The fourth-order valence-electron chi connectivity index (χ4n) is 1.88. The van der Waals surface area contributed by atoms with E-state index in [2.05, 4.69) is 18.3 Å².